The van der Waals surface area contributed by atoms with Crippen LogP contribution in [0.5, 0.6) is 0 Å². The zero-order valence-corrected chi connectivity index (χ0v) is 20.1. The maximum atomic E-state index is 2.89. The smallest absolute Gasteiger partial charge is 0.0179 e. The lowest BCUT2D eigenvalue weighted by molar-refractivity contribution is 0.161. The molecular formula is C19H31I3. The van der Waals surface area contributed by atoms with E-state index in [4.69, 9.17) is 0 Å². The zero-order chi connectivity index (χ0) is 15.5. The van der Waals surface area contributed by atoms with Gasteiger partial charge in [-0.1, -0.05) is 113 Å². The molecule has 6 atom stereocenters. The molecule has 3 saturated carbocycles. The molecule has 6 unspecified atom stereocenters. The maximum absolute atomic E-state index is 2.89. The van der Waals surface area contributed by atoms with Gasteiger partial charge in [0, 0.05) is 11.8 Å². The molecule has 3 fully saturated rings. The van der Waals surface area contributed by atoms with Crippen molar-refractivity contribution in [3.63, 3.8) is 0 Å². The van der Waals surface area contributed by atoms with Gasteiger partial charge >= 0.3 is 0 Å². The fourth-order valence-corrected chi connectivity index (χ4v) is 9.76. The van der Waals surface area contributed by atoms with Crippen LogP contribution in [0.25, 0.3) is 0 Å². The second-order valence-electron chi connectivity index (χ2n) is 8.13. The minimum Gasteiger partial charge on any atom is -0.0826 e. The molecule has 0 aromatic carbocycles. The third-order valence-electron chi connectivity index (χ3n) is 6.64. The molecule has 0 bridgehead atoms. The zero-order valence-electron chi connectivity index (χ0n) is 13.7. The van der Waals surface area contributed by atoms with E-state index in [1.165, 1.54) is 70.6 Å². The summed E-state index contributed by atoms with van der Waals surface area (Å²) in [7, 11) is 0. The average Bonchev–Trinajstić information content (AvgIpc) is 2.41. The van der Waals surface area contributed by atoms with Crippen molar-refractivity contribution < 1.29 is 0 Å². The summed E-state index contributed by atoms with van der Waals surface area (Å²) in [6.07, 6.45) is 18.2. The van der Waals surface area contributed by atoms with Gasteiger partial charge in [0.05, 0.1) is 0 Å². The molecule has 0 aromatic heterocycles. The highest BCUT2D eigenvalue weighted by Gasteiger charge is 2.41. The summed E-state index contributed by atoms with van der Waals surface area (Å²) < 4.78 is 2.87. The molecule has 0 spiro atoms. The third-order valence-corrected chi connectivity index (χ3v) is 11.2. The van der Waals surface area contributed by atoms with Gasteiger partial charge in [-0.05, 0) is 55.8 Å². The van der Waals surface area contributed by atoms with Crippen LogP contribution < -0.4 is 0 Å². The number of hydrogen-bond donors (Lipinski definition) is 0. The summed E-state index contributed by atoms with van der Waals surface area (Å²) in [5.74, 6) is 4.18. The van der Waals surface area contributed by atoms with Crippen molar-refractivity contribution in [2.24, 2.45) is 23.7 Å². The Morgan fingerprint density at radius 2 is 1.50 bits per heavy atom. The van der Waals surface area contributed by atoms with Gasteiger partial charge in [0.25, 0.3) is 0 Å². The molecule has 3 heteroatoms. The van der Waals surface area contributed by atoms with Crippen molar-refractivity contribution in [3.8, 4) is 0 Å². The molecule has 22 heavy (non-hydrogen) atoms. The number of alkyl halides is 3. The highest BCUT2D eigenvalue weighted by atomic mass is 127. The Kier molecular flexibility index (Phi) is 7.95. The molecule has 128 valence electrons. The van der Waals surface area contributed by atoms with Crippen LogP contribution in [0, 0.1) is 23.7 Å². The molecule has 0 saturated heterocycles. The van der Waals surface area contributed by atoms with E-state index in [9.17, 15) is 0 Å². The molecule has 0 amide bonds. The van der Waals surface area contributed by atoms with Crippen LogP contribution in [0.4, 0.5) is 0 Å². The van der Waals surface area contributed by atoms with Crippen molar-refractivity contribution in [1.29, 1.82) is 0 Å². The molecule has 3 aliphatic carbocycles. The van der Waals surface area contributed by atoms with Crippen molar-refractivity contribution in [2.75, 3.05) is 0 Å². The van der Waals surface area contributed by atoms with Gasteiger partial charge in [-0.25, -0.2) is 0 Å². The first kappa shape index (κ1) is 19.0. The Morgan fingerprint density at radius 3 is 2.23 bits per heavy atom. The normalized spacial score (nSPS) is 44.9. The van der Waals surface area contributed by atoms with Crippen LogP contribution in [0.3, 0.4) is 0 Å². The predicted octanol–water partition coefficient (Wildman–Crippen LogP) is 7.58. The minimum absolute atomic E-state index is 0.953. The van der Waals surface area contributed by atoms with Gasteiger partial charge in [0.2, 0.25) is 0 Å². The van der Waals surface area contributed by atoms with E-state index in [2.05, 4.69) is 67.8 Å². The van der Waals surface area contributed by atoms with E-state index in [1.807, 2.05) is 0 Å². The van der Waals surface area contributed by atoms with Crippen molar-refractivity contribution in [3.05, 3.63) is 0 Å². The van der Waals surface area contributed by atoms with Gasteiger partial charge < -0.3 is 0 Å². The summed E-state index contributed by atoms with van der Waals surface area (Å²) in [5.41, 5.74) is 0. The van der Waals surface area contributed by atoms with Gasteiger partial charge in [-0.2, -0.15) is 0 Å². The molecule has 0 heterocycles. The summed E-state index contributed by atoms with van der Waals surface area (Å²) in [6, 6.07) is 0. The van der Waals surface area contributed by atoms with Gasteiger partial charge in [0.15, 0.2) is 0 Å². The monoisotopic (exact) mass is 640 g/mol. The van der Waals surface area contributed by atoms with Gasteiger partial charge in [-0.15, -0.1) is 0 Å². The van der Waals surface area contributed by atoms with E-state index in [1.54, 1.807) is 6.42 Å². The average molecular weight is 640 g/mol. The Labute approximate surface area is 178 Å². The SMILES string of the molecule is IC1CCCCCC(C2CCC(I)C(CC3CCC3)C2I)C1. The van der Waals surface area contributed by atoms with E-state index in [0.717, 1.165) is 35.4 Å². The van der Waals surface area contributed by atoms with Crippen LogP contribution in [-0.2, 0) is 0 Å². The second-order valence-corrected chi connectivity index (χ2v) is 12.9. The number of halogens is 3. The van der Waals surface area contributed by atoms with Crippen LogP contribution in [0.1, 0.15) is 77.0 Å². The maximum Gasteiger partial charge on any atom is 0.0179 e. The van der Waals surface area contributed by atoms with Crippen molar-refractivity contribution in [1.82, 2.24) is 0 Å². The standard InChI is InChI=1S/C19H31I3/c20-15-8-3-1-2-7-14(12-15)16-9-10-18(21)17(19(16)22)11-13-5-4-6-13/h13-19H,1-12H2. The predicted molar refractivity (Wildman–Crippen MR) is 123 cm³/mol. The Hall–Kier alpha value is 2.19. The van der Waals surface area contributed by atoms with Crippen LogP contribution in [0.2, 0.25) is 0 Å². The molecule has 3 aliphatic rings. The van der Waals surface area contributed by atoms with E-state index in [0.29, 0.717) is 0 Å². The molecule has 0 nitrogen and oxygen atoms in total. The van der Waals surface area contributed by atoms with E-state index < -0.39 is 0 Å². The van der Waals surface area contributed by atoms with Crippen LogP contribution >= 0.6 is 67.8 Å². The fourth-order valence-electron chi connectivity index (χ4n) is 5.03. The minimum atomic E-state index is 0.953. The quantitative estimate of drug-likeness (QED) is 0.221. The second kappa shape index (κ2) is 9.22. The fraction of sp³-hybridized carbons (Fsp3) is 1.00. The highest BCUT2D eigenvalue weighted by Crippen LogP contribution is 2.49. The summed E-state index contributed by atoms with van der Waals surface area (Å²) in [6.45, 7) is 0. The highest BCUT2D eigenvalue weighted by molar-refractivity contribution is 14.1. The lowest BCUT2D eigenvalue weighted by Crippen LogP contribution is -2.41. The first-order valence-corrected chi connectivity index (χ1v) is 13.3. The molecule has 0 aromatic rings. The van der Waals surface area contributed by atoms with E-state index in [-0.39, 0.29) is 0 Å². The van der Waals surface area contributed by atoms with Gasteiger partial charge in [-0.3, -0.25) is 0 Å². The molecule has 0 aliphatic heterocycles. The molecular weight excluding hydrogens is 609 g/mol. The Morgan fingerprint density at radius 1 is 0.727 bits per heavy atom. The lowest BCUT2D eigenvalue weighted by atomic mass is 9.68. The summed E-state index contributed by atoms with van der Waals surface area (Å²) in [4.78, 5) is 0. The topological polar surface area (TPSA) is 0 Å². The number of rotatable bonds is 3. The van der Waals surface area contributed by atoms with Crippen molar-refractivity contribution in [2.45, 2.75) is 88.8 Å². The molecule has 0 radical (unpaired) electrons. The third kappa shape index (κ3) is 4.88. The molecule has 3 rings (SSSR count). The number of hydrogen-bond acceptors (Lipinski definition) is 0. The largest absolute Gasteiger partial charge is 0.0826 e. The Bertz CT molecular complexity index is 342. The van der Waals surface area contributed by atoms with Crippen molar-refractivity contribution >= 4 is 67.8 Å². The van der Waals surface area contributed by atoms with E-state index >= 15 is 0 Å². The van der Waals surface area contributed by atoms with Crippen LogP contribution in [0.15, 0.2) is 0 Å². The van der Waals surface area contributed by atoms with Gasteiger partial charge in [0.1, 0.15) is 0 Å². The molecule has 0 N–H and O–H groups in total. The van der Waals surface area contributed by atoms with Crippen LogP contribution in [-0.4, -0.2) is 11.8 Å². The lowest BCUT2D eigenvalue weighted by Gasteiger charge is -2.45. The Balaban J connectivity index is 1.63. The summed E-state index contributed by atoms with van der Waals surface area (Å²) in [5, 5.41) is 0. The summed E-state index contributed by atoms with van der Waals surface area (Å²) >= 11 is 8.45. The first-order valence-electron chi connectivity index (χ1n) is 9.57. The first-order chi connectivity index (χ1) is 10.6.